The number of nitrogens with one attached hydrogen (secondary N) is 3. The summed E-state index contributed by atoms with van der Waals surface area (Å²) in [6.07, 6.45) is 3.56. The number of fused-ring (bicyclic) bond motifs is 2. The molecule has 0 atom stereocenters. The summed E-state index contributed by atoms with van der Waals surface area (Å²) < 4.78 is 0. The Hall–Kier alpha value is -4.30. The van der Waals surface area contributed by atoms with Crippen LogP contribution in [0.15, 0.2) is 72.1 Å². The van der Waals surface area contributed by atoms with Gasteiger partial charge in [0.2, 0.25) is 0 Å². The van der Waals surface area contributed by atoms with E-state index in [2.05, 4.69) is 22.2 Å². The summed E-state index contributed by atoms with van der Waals surface area (Å²) in [7, 11) is 0. The van der Waals surface area contributed by atoms with Crippen molar-refractivity contribution in [1.29, 1.82) is 0 Å². The number of thiophene rings is 1. The van der Waals surface area contributed by atoms with Crippen molar-refractivity contribution in [3.63, 3.8) is 0 Å². The van der Waals surface area contributed by atoms with E-state index in [4.69, 9.17) is 4.98 Å². The Kier molecular flexibility index (Phi) is 6.36. The van der Waals surface area contributed by atoms with Gasteiger partial charge in [-0.2, -0.15) is 0 Å². The van der Waals surface area contributed by atoms with Gasteiger partial charge in [-0.1, -0.05) is 54.6 Å². The molecular formula is C27H22N4O3S. The van der Waals surface area contributed by atoms with Crippen LogP contribution in [-0.2, 0) is 11.2 Å². The molecule has 35 heavy (non-hydrogen) atoms. The van der Waals surface area contributed by atoms with Gasteiger partial charge in [-0.25, -0.2) is 4.98 Å². The van der Waals surface area contributed by atoms with Crippen molar-refractivity contribution in [2.75, 3.05) is 6.54 Å². The first-order valence-corrected chi connectivity index (χ1v) is 12.1. The molecule has 174 valence electrons. The fourth-order valence-electron chi connectivity index (χ4n) is 4.18. The van der Waals surface area contributed by atoms with Crippen LogP contribution >= 0.6 is 11.3 Å². The number of amides is 3. The lowest BCUT2D eigenvalue weighted by Crippen LogP contribution is -2.46. The van der Waals surface area contributed by atoms with Crippen molar-refractivity contribution in [2.24, 2.45) is 0 Å². The molecule has 0 aliphatic heterocycles. The monoisotopic (exact) mass is 482 g/mol. The Morgan fingerprint density at radius 1 is 0.886 bits per heavy atom. The number of carbonyl (C=O) groups excluding carboxylic acids is 3. The van der Waals surface area contributed by atoms with E-state index in [9.17, 15) is 14.4 Å². The van der Waals surface area contributed by atoms with E-state index in [0.717, 1.165) is 34.2 Å². The van der Waals surface area contributed by atoms with Crippen LogP contribution < -0.4 is 16.2 Å². The number of hydrazine groups is 1. The van der Waals surface area contributed by atoms with Gasteiger partial charge in [-0.05, 0) is 53.1 Å². The third-order valence-corrected chi connectivity index (χ3v) is 6.65. The van der Waals surface area contributed by atoms with Crippen molar-refractivity contribution in [3.05, 3.63) is 99.4 Å². The van der Waals surface area contributed by atoms with Gasteiger partial charge in [0.1, 0.15) is 0 Å². The van der Waals surface area contributed by atoms with E-state index in [1.54, 1.807) is 17.5 Å². The molecule has 3 N–H and O–H groups in total. The summed E-state index contributed by atoms with van der Waals surface area (Å²) in [5.41, 5.74) is 9.96. The minimum Gasteiger partial charge on any atom is -0.342 e. The molecule has 7 nitrogen and oxygen atoms in total. The van der Waals surface area contributed by atoms with Gasteiger partial charge >= 0.3 is 0 Å². The third-order valence-electron chi connectivity index (χ3n) is 5.78. The zero-order valence-electron chi connectivity index (χ0n) is 18.7. The maximum absolute atomic E-state index is 13.3. The Bertz CT molecular complexity index is 1450. The number of hydrogen-bond acceptors (Lipinski definition) is 5. The standard InChI is InChI=1S/C27H22N4O3S/c32-23(16-28-26(33)22-11-6-14-35-22)30-31-27(34)24-19-9-4-5-10-21(19)29-25-18(12-13-20(24)25)15-17-7-2-1-3-8-17/h1-11,14-15H,12-13,16H2,(H,28,33)(H,30,32)(H,31,34)/b18-15-. The largest absolute Gasteiger partial charge is 0.342 e. The van der Waals surface area contributed by atoms with Crippen molar-refractivity contribution < 1.29 is 14.4 Å². The maximum Gasteiger partial charge on any atom is 0.270 e. The smallest absolute Gasteiger partial charge is 0.270 e. The number of rotatable bonds is 5. The first-order chi connectivity index (χ1) is 17.1. The predicted molar refractivity (Wildman–Crippen MR) is 137 cm³/mol. The van der Waals surface area contributed by atoms with E-state index in [-0.39, 0.29) is 12.5 Å². The summed E-state index contributed by atoms with van der Waals surface area (Å²) in [5.74, 6) is -1.28. The summed E-state index contributed by atoms with van der Waals surface area (Å²) in [6, 6.07) is 20.9. The Morgan fingerprint density at radius 3 is 2.49 bits per heavy atom. The molecule has 0 radical (unpaired) electrons. The molecule has 2 heterocycles. The lowest BCUT2D eigenvalue weighted by atomic mass is 10.00. The van der Waals surface area contributed by atoms with Crippen LogP contribution in [0, 0.1) is 0 Å². The normalized spacial score (nSPS) is 13.4. The van der Waals surface area contributed by atoms with E-state index >= 15 is 0 Å². The maximum atomic E-state index is 13.3. The highest BCUT2D eigenvalue weighted by atomic mass is 32.1. The van der Waals surface area contributed by atoms with Crippen LogP contribution in [-0.4, -0.2) is 29.3 Å². The minimum atomic E-state index is -0.525. The topological polar surface area (TPSA) is 100 Å². The fourth-order valence-corrected chi connectivity index (χ4v) is 4.82. The number of para-hydroxylation sites is 1. The molecule has 3 amide bonds. The molecule has 2 aromatic heterocycles. The molecule has 0 saturated carbocycles. The highest BCUT2D eigenvalue weighted by Gasteiger charge is 2.27. The molecule has 0 bridgehead atoms. The number of nitrogens with zero attached hydrogens (tertiary/aromatic N) is 1. The zero-order chi connectivity index (χ0) is 24.2. The van der Waals surface area contributed by atoms with Crippen LogP contribution in [0.25, 0.3) is 22.6 Å². The van der Waals surface area contributed by atoms with Crippen molar-refractivity contribution in [3.8, 4) is 0 Å². The van der Waals surface area contributed by atoms with Crippen LogP contribution in [0.3, 0.4) is 0 Å². The molecule has 1 aliphatic rings. The van der Waals surface area contributed by atoms with Crippen molar-refractivity contribution in [2.45, 2.75) is 12.8 Å². The highest BCUT2D eigenvalue weighted by Crippen LogP contribution is 2.37. The van der Waals surface area contributed by atoms with Gasteiger partial charge in [0.15, 0.2) is 0 Å². The van der Waals surface area contributed by atoms with E-state index in [1.807, 2.05) is 54.6 Å². The SMILES string of the molecule is O=C(CNC(=O)c1cccs1)NNC(=O)c1c2c(nc3ccccc13)/C(=C\c1ccccc1)CC2. The number of pyridine rings is 1. The van der Waals surface area contributed by atoms with Gasteiger partial charge in [-0.15, -0.1) is 11.3 Å². The average Bonchev–Trinajstić information content (AvgIpc) is 3.56. The van der Waals surface area contributed by atoms with Crippen molar-refractivity contribution in [1.82, 2.24) is 21.2 Å². The lowest BCUT2D eigenvalue weighted by molar-refractivity contribution is -0.120. The summed E-state index contributed by atoms with van der Waals surface area (Å²) in [5, 5.41) is 5.05. The van der Waals surface area contributed by atoms with Crippen LogP contribution in [0.2, 0.25) is 0 Å². The summed E-state index contributed by atoms with van der Waals surface area (Å²) in [4.78, 5) is 42.9. The predicted octanol–water partition coefficient (Wildman–Crippen LogP) is 3.97. The van der Waals surface area contributed by atoms with Gasteiger partial charge in [0.05, 0.1) is 28.2 Å². The Morgan fingerprint density at radius 2 is 1.69 bits per heavy atom. The summed E-state index contributed by atoms with van der Waals surface area (Å²) >= 11 is 1.29. The van der Waals surface area contributed by atoms with Gasteiger partial charge in [0.25, 0.3) is 17.7 Å². The Balaban J connectivity index is 1.36. The lowest BCUT2D eigenvalue weighted by Gasteiger charge is -2.13. The molecule has 8 heteroatoms. The second-order valence-electron chi connectivity index (χ2n) is 8.07. The molecule has 0 unspecified atom stereocenters. The minimum absolute atomic E-state index is 0.254. The molecule has 5 rings (SSSR count). The Labute approximate surface area is 205 Å². The van der Waals surface area contributed by atoms with E-state index < -0.39 is 11.8 Å². The number of benzene rings is 2. The average molecular weight is 483 g/mol. The molecular weight excluding hydrogens is 460 g/mol. The first-order valence-electron chi connectivity index (χ1n) is 11.2. The fraction of sp³-hybridized carbons (Fsp3) is 0.111. The second-order valence-corrected chi connectivity index (χ2v) is 9.02. The van der Waals surface area contributed by atoms with Crippen LogP contribution in [0.4, 0.5) is 0 Å². The van der Waals surface area contributed by atoms with E-state index in [1.165, 1.54) is 11.3 Å². The first kappa shape index (κ1) is 22.5. The quantitative estimate of drug-likeness (QED) is 0.375. The zero-order valence-corrected chi connectivity index (χ0v) is 19.5. The van der Waals surface area contributed by atoms with Gasteiger partial charge in [0, 0.05) is 5.39 Å². The number of hydrogen-bond donors (Lipinski definition) is 3. The second kappa shape index (κ2) is 9.90. The molecule has 2 aromatic carbocycles. The molecule has 0 fully saturated rings. The molecule has 0 spiro atoms. The number of allylic oxidation sites excluding steroid dienone is 1. The number of carbonyl (C=O) groups is 3. The van der Waals surface area contributed by atoms with E-state index in [0.29, 0.717) is 22.4 Å². The molecule has 0 saturated heterocycles. The van der Waals surface area contributed by atoms with Crippen molar-refractivity contribution >= 4 is 51.6 Å². The third kappa shape index (κ3) is 4.83. The molecule has 4 aromatic rings. The number of aromatic nitrogens is 1. The van der Waals surface area contributed by atoms with Crippen LogP contribution in [0.1, 0.15) is 43.3 Å². The highest BCUT2D eigenvalue weighted by molar-refractivity contribution is 7.12. The van der Waals surface area contributed by atoms with Crippen LogP contribution in [0.5, 0.6) is 0 Å². The molecule has 1 aliphatic carbocycles. The van der Waals surface area contributed by atoms with Gasteiger partial charge < -0.3 is 5.32 Å². The summed E-state index contributed by atoms with van der Waals surface area (Å²) in [6.45, 7) is -0.254. The van der Waals surface area contributed by atoms with Gasteiger partial charge in [-0.3, -0.25) is 25.2 Å².